The Morgan fingerprint density at radius 3 is 2.79 bits per heavy atom. The van der Waals surface area contributed by atoms with Crippen molar-refractivity contribution in [1.29, 1.82) is 0 Å². The lowest BCUT2D eigenvalue weighted by Gasteiger charge is -2.33. The van der Waals surface area contributed by atoms with Gasteiger partial charge in [0.1, 0.15) is 10.7 Å². The Labute approximate surface area is 113 Å². The molecule has 19 heavy (non-hydrogen) atoms. The summed E-state index contributed by atoms with van der Waals surface area (Å²) in [5.74, 6) is 1.40. The molecule has 2 rings (SSSR count). The van der Waals surface area contributed by atoms with E-state index in [1.54, 1.807) is 6.07 Å². The number of piperidine rings is 1. The molecule has 0 spiro atoms. The Balaban J connectivity index is 2.09. The molecule has 4 N–H and O–H groups in total. The third-order valence-electron chi connectivity index (χ3n) is 3.47. The number of sulfonamides is 1. The zero-order valence-electron chi connectivity index (χ0n) is 10.8. The number of nitrogens with zero attached hydrogens (tertiary/aromatic N) is 2. The van der Waals surface area contributed by atoms with Crippen molar-refractivity contribution >= 4 is 15.8 Å². The molecule has 2 heterocycles. The van der Waals surface area contributed by atoms with Gasteiger partial charge in [0.05, 0.1) is 0 Å². The average Bonchev–Trinajstić information content (AvgIpc) is 2.39. The van der Waals surface area contributed by atoms with Crippen molar-refractivity contribution < 1.29 is 8.42 Å². The molecule has 1 unspecified atom stereocenters. The Hall–Kier alpha value is -1.18. The Morgan fingerprint density at radius 1 is 1.42 bits per heavy atom. The van der Waals surface area contributed by atoms with Crippen molar-refractivity contribution in [1.82, 2.24) is 4.98 Å². The fourth-order valence-electron chi connectivity index (χ4n) is 2.47. The van der Waals surface area contributed by atoms with Crippen LogP contribution in [0.5, 0.6) is 0 Å². The van der Waals surface area contributed by atoms with Crippen LogP contribution in [0.2, 0.25) is 0 Å². The van der Waals surface area contributed by atoms with Crippen molar-refractivity contribution in [3.05, 3.63) is 18.3 Å². The van der Waals surface area contributed by atoms with Crippen LogP contribution in [-0.4, -0.2) is 33.0 Å². The van der Waals surface area contributed by atoms with Gasteiger partial charge in [-0.3, -0.25) is 0 Å². The molecule has 0 aromatic carbocycles. The standard InChI is InChI=1S/C12H20N4O2S/c13-6-5-10-2-1-7-16(9-10)12-4-3-11(8-15-12)19(14,17)18/h3-4,8,10H,1-2,5-7,9,13H2,(H2,14,17,18). The first-order valence-electron chi connectivity index (χ1n) is 6.44. The van der Waals surface area contributed by atoms with E-state index in [2.05, 4.69) is 9.88 Å². The normalized spacial score (nSPS) is 20.5. The molecule has 0 bridgehead atoms. The highest BCUT2D eigenvalue weighted by atomic mass is 32.2. The monoisotopic (exact) mass is 284 g/mol. The summed E-state index contributed by atoms with van der Waals surface area (Å²) in [7, 11) is -3.67. The van der Waals surface area contributed by atoms with Crippen LogP contribution in [0.4, 0.5) is 5.82 Å². The van der Waals surface area contributed by atoms with E-state index < -0.39 is 10.0 Å². The minimum atomic E-state index is -3.67. The van der Waals surface area contributed by atoms with Crippen LogP contribution in [0.25, 0.3) is 0 Å². The van der Waals surface area contributed by atoms with Crippen LogP contribution in [0.15, 0.2) is 23.2 Å². The molecule has 1 fully saturated rings. The van der Waals surface area contributed by atoms with E-state index in [4.69, 9.17) is 10.9 Å². The largest absolute Gasteiger partial charge is 0.356 e. The highest BCUT2D eigenvalue weighted by Gasteiger charge is 2.20. The lowest BCUT2D eigenvalue weighted by atomic mass is 9.95. The summed E-state index contributed by atoms with van der Waals surface area (Å²) in [6.45, 7) is 2.58. The summed E-state index contributed by atoms with van der Waals surface area (Å²) in [4.78, 5) is 6.42. The van der Waals surface area contributed by atoms with E-state index in [-0.39, 0.29) is 4.90 Å². The van der Waals surface area contributed by atoms with Crippen LogP contribution < -0.4 is 15.8 Å². The van der Waals surface area contributed by atoms with Crippen molar-refractivity contribution in [2.24, 2.45) is 16.8 Å². The third kappa shape index (κ3) is 3.65. The highest BCUT2D eigenvalue weighted by Crippen LogP contribution is 2.23. The number of nitrogens with two attached hydrogens (primary N) is 2. The molecule has 1 aliphatic heterocycles. The molecule has 1 saturated heterocycles. The fourth-order valence-corrected chi connectivity index (χ4v) is 2.93. The van der Waals surface area contributed by atoms with Gasteiger partial charge >= 0.3 is 0 Å². The van der Waals surface area contributed by atoms with E-state index in [0.29, 0.717) is 12.5 Å². The van der Waals surface area contributed by atoms with Crippen LogP contribution in [0.3, 0.4) is 0 Å². The first-order chi connectivity index (χ1) is 9.00. The number of aromatic nitrogens is 1. The van der Waals surface area contributed by atoms with Crippen LogP contribution in [0, 0.1) is 5.92 Å². The molecular weight excluding hydrogens is 264 g/mol. The summed E-state index contributed by atoms with van der Waals surface area (Å²) in [5.41, 5.74) is 5.60. The molecule has 1 atom stereocenters. The topological polar surface area (TPSA) is 102 Å². The lowest BCUT2D eigenvalue weighted by Crippen LogP contribution is -2.36. The summed E-state index contributed by atoms with van der Waals surface area (Å²) >= 11 is 0. The van der Waals surface area contributed by atoms with Crippen LogP contribution >= 0.6 is 0 Å². The number of rotatable bonds is 4. The quantitative estimate of drug-likeness (QED) is 0.827. The van der Waals surface area contributed by atoms with Gasteiger partial charge in [-0.15, -0.1) is 0 Å². The molecule has 0 aliphatic carbocycles. The van der Waals surface area contributed by atoms with Crippen LogP contribution in [-0.2, 0) is 10.0 Å². The van der Waals surface area contributed by atoms with Gasteiger partial charge < -0.3 is 10.6 Å². The maximum Gasteiger partial charge on any atom is 0.239 e. The molecule has 0 saturated carbocycles. The number of primary sulfonamides is 1. The average molecular weight is 284 g/mol. The van der Waals surface area contributed by atoms with Gasteiger partial charge in [-0.1, -0.05) is 0 Å². The Bertz CT molecular complexity index is 513. The maximum absolute atomic E-state index is 11.2. The number of hydrogen-bond acceptors (Lipinski definition) is 5. The van der Waals surface area contributed by atoms with E-state index in [9.17, 15) is 8.42 Å². The summed E-state index contributed by atoms with van der Waals surface area (Å²) in [5, 5.41) is 5.05. The molecule has 1 aromatic heterocycles. The Morgan fingerprint density at radius 2 is 2.21 bits per heavy atom. The summed E-state index contributed by atoms with van der Waals surface area (Å²) in [6, 6.07) is 3.22. The molecule has 6 nitrogen and oxygen atoms in total. The van der Waals surface area contributed by atoms with Gasteiger partial charge in [-0.05, 0) is 43.9 Å². The zero-order valence-corrected chi connectivity index (χ0v) is 11.6. The van der Waals surface area contributed by atoms with E-state index in [1.807, 2.05) is 0 Å². The predicted octanol–water partition coefficient (Wildman–Crippen LogP) is 0.294. The van der Waals surface area contributed by atoms with Crippen LogP contribution in [0.1, 0.15) is 19.3 Å². The number of anilines is 1. The number of hydrogen-bond donors (Lipinski definition) is 2. The summed E-state index contributed by atoms with van der Waals surface area (Å²) in [6.07, 6.45) is 4.65. The molecule has 0 amide bonds. The fraction of sp³-hybridized carbons (Fsp3) is 0.583. The smallest absolute Gasteiger partial charge is 0.239 e. The molecule has 106 valence electrons. The SMILES string of the molecule is NCCC1CCCN(c2ccc(S(N)(=O)=O)cn2)C1. The van der Waals surface area contributed by atoms with Gasteiger partial charge in [0.2, 0.25) is 10.0 Å². The van der Waals surface area contributed by atoms with E-state index in [1.165, 1.54) is 18.7 Å². The van der Waals surface area contributed by atoms with Crippen molar-refractivity contribution in [3.8, 4) is 0 Å². The van der Waals surface area contributed by atoms with Gasteiger partial charge in [0.15, 0.2) is 0 Å². The molecular formula is C12H20N4O2S. The molecule has 7 heteroatoms. The third-order valence-corrected chi connectivity index (χ3v) is 4.37. The minimum Gasteiger partial charge on any atom is -0.356 e. The van der Waals surface area contributed by atoms with Crippen molar-refractivity contribution in [2.45, 2.75) is 24.2 Å². The first-order valence-corrected chi connectivity index (χ1v) is 7.99. The highest BCUT2D eigenvalue weighted by molar-refractivity contribution is 7.89. The lowest BCUT2D eigenvalue weighted by molar-refractivity contribution is 0.394. The Kier molecular flexibility index (Phi) is 4.38. The van der Waals surface area contributed by atoms with E-state index >= 15 is 0 Å². The second-order valence-corrected chi connectivity index (χ2v) is 6.49. The molecule has 1 aliphatic rings. The van der Waals surface area contributed by atoms with E-state index in [0.717, 1.165) is 31.7 Å². The van der Waals surface area contributed by atoms with Crippen molar-refractivity contribution in [2.75, 3.05) is 24.5 Å². The van der Waals surface area contributed by atoms with Gasteiger partial charge in [-0.2, -0.15) is 0 Å². The maximum atomic E-state index is 11.2. The van der Waals surface area contributed by atoms with Gasteiger partial charge in [0.25, 0.3) is 0 Å². The number of pyridine rings is 1. The second-order valence-electron chi connectivity index (χ2n) is 4.93. The summed E-state index contributed by atoms with van der Waals surface area (Å²) < 4.78 is 22.3. The minimum absolute atomic E-state index is 0.0479. The van der Waals surface area contributed by atoms with Crippen molar-refractivity contribution in [3.63, 3.8) is 0 Å². The predicted molar refractivity (Wildman–Crippen MR) is 74.2 cm³/mol. The first kappa shape index (κ1) is 14.2. The van der Waals surface area contributed by atoms with Gasteiger partial charge in [-0.25, -0.2) is 18.5 Å². The molecule has 1 aromatic rings. The second kappa shape index (κ2) is 5.85. The molecule has 0 radical (unpaired) electrons. The zero-order chi connectivity index (χ0) is 13.9. The van der Waals surface area contributed by atoms with Gasteiger partial charge in [0, 0.05) is 19.3 Å².